The highest BCUT2D eigenvalue weighted by atomic mass is 32.2. The lowest BCUT2D eigenvalue weighted by Gasteiger charge is -2.05. The third-order valence-electron chi connectivity index (χ3n) is 2.35. The largest absolute Gasteiger partial charge is 0.294 e. The lowest BCUT2D eigenvalue weighted by atomic mass is 10.1. The number of rotatable bonds is 1. The Kier molecular flexibility index (Phi) is 2.61. The minimum absolute atomic E-state index is 0.0618. The van der Waals surface area contributed by atoms with Gasteiger partial charge in [-0.15, -0.1) is 0 Å². The van der Waals surface area contributed by atoms with E-state index in [1.165, 1.54) is 19.1 Å². The summed E-state index contributed by atoms with van der Waals surface area (Å²) in [5.74, 6) is -0.406. The molecule has 0 aliphatic heterocycles. The highest BCUT2D eigenvalue weighted by Gasteiger charge is 2.26. The highest BCUT2D eigenvalue weighted by Crippen LogP contribution is 2.33. The zero-order valence-electron chi connectivity index (χ0n) is 8.17. The number of carbonyl (C=O) groups excluding carboxylic acids is 2. The molecule has 0 unspecified atom stereocenters. The van der Waals surface area contributed by atoms with E-state index >= 15 is 0 Å². The first-order chi connectivity index (χ1) is 7.09. The van der Waals surface area contributed by atoms with Crippen LogP contribution >= 0.6 is 11.8 Å². The molecule has 0 N–H and O–H groups in total. The number of hydrogen-bond donors (Lipinski definition) is 0. The van der Waals surface area contributed by atoms with Gasteiger partial charge in [-0.05, 0) is 18.6 Å². The molecule has 0 saturated carbocycles. The first kappa shape index (κ1) is 10.4. The molecular formula is C11H9FO2S. The predicted octanol–water partition coefficient (Wildman–Crippen LogP) is 2.59. The van der Waals surface area contributed by atoms with Gasteiger partial charge in [0.15, 0.2) is 10.9 Å². The molecule has 2 rings (SSSR count). The third kappa shape index (κ3) is 1.81. The zero-order valence-corrected chi connectivity index (χ0v) is 8.99. The zero-order chi connectivity index (χ0) is 11.0. The minimum Gasteiger partial charge on any atom is -0.294 e. The Bertz CT molecular complexity index is 454. The molecule has 0 fully saturated rings. The number of carbonyl (C=O) groups is 2. The van der Waals surface area contributed by atoms with E-state index in [2.05, 4.69) is 0 Å². The topological polar surface area (TPSA) is 34.1 Å². The monoisotopic (exact) mass is 224 g/mol. The van der Waals surface area contributed by atoms with Gasteiger partial charge in [0.25, 0.3) is 0 Å². The van der Waals surface area contributed by atoms with Crippen LogP contribution in [0.5, 0.6) is 0 Å². The average Bonchev–Trinajstić information content (AvgIpc) is 2.54. The summed E-state index contributed by atoms with van der Waals surface area (Å²) in [5.41, 5.74) is 0.876. The van der Waals surface area contributed by atoms with Gasteiger partial charge in [0, 0.05) is 29.4 Å². The van der Waals surface area contributed by atoms with Gasteiger partial charge in [-0.1, -0.05) is 11.8 Å². The summed E-state index contributed by atoms with van der Waals surface area (Å²) in [7, 11) is 0. The second kappa shape index (κ2) is 3.77. The number of ketones is 1. The van der Waals surface area contributed by atoms with Gasteiger partial charge in [-0.2, -0.15) is 0 Å². The van der Waals surface area contributed by atoms with E-state index in [9.17, 15) is 14.0 Å². The Morgan fingerprint density at radius 3 is 2.80 bits per heavy atom. The second-order valence-electron chi connectivity index (χ2n) is 3.42. The summed E-state index contributed by atoms with van der Waals surface area (Å²) in [5, 5.41) is -0.0940. The van der Waals surface area contributed by atoms with Crippen LogP contribution in [0.3, 0.4) is 0 Å². The summed E-state index contributed by atoms with van der Waals surface area (Å²) in [4.78, 5) is 23.1. The number of fused-ring (bicyclic) bond motifs is 1. The van der Waals surface area contributed by atoms with Crippen LogP contribution in [0.4, 0.5) is 4.39 Å². The van der Waals surface area contributed by atoms with Crippen molar-refractivity contribution in [3.05, 3.63) is 29.1 Å². The molecule has 1 aromatic rings. The van der Waals surface area contributed by atoms with Gasteiger partial charge in [0.05, 0.1) is 0 Å². The van der Waals surface area contributed by atoms with Crippen molar-refractivity contribution < 1.29 is 14.0 Å². The van der Waals surface area contributed by atoms with Gasteiger partial charge in [-0.3, -0.25) is 9.59 Å². The summed E-state index contributed by atoms with van der Waals surface area (Å²) >= 11 is 0.990. The third-order valence-corrected chi connectivity index (χ3v) is 3.20. The summed E-state index contributed by atoms with van der Waals surface area (Å²) in [6.07, 6.45) is 0.800. The van der Waals surface area contributed by atoms with Crippen molar-refractivity contribution >= 4 is 22.7 Å². The van der Waals surface area contributed by atoms with Crippen LogP contribution in [-0.4, -0.2) is 10.9 Å². The number of halogens is 1. The fourth-order valence-corrected chi connectivity index (χ4v) is 2.54. The summed E-state index contributed by atoms with van der Waals surface area (Å²) in [6, 6.07) is 2.83. The Hall–Kier alpha value is -1.16. The maximum absolute atomic E-state index is 13.3. The van der Waals surface area contributed by atoms with Crippen LogP contribution in [0, 0.1) is 5.82 Å². The average molecular weight is 224 g/mol. The van der Waals surface area contributed by atoms with E-state index in [1.807, 2.05) is 0 Å². The Morgan fingerprint density at radius 2 is 2.13 bits per heavy atom. The molecule has 4 heteroatoms. The first-order valence-corrected chi connectivity index (χ1v) is 5.44. The van der Waals surface area contributed by atoms with Crippen molar-refractivity contribution in [3.8, 4) is 0 Å². The van der Waals surface area contributed by atoms with E-state index < -0.39 is 0 Å². The number of hydrogen-bond acceptors (Lipinski definition) is 3. The number of benzene rings is 1. The van der Waals surface area contributed by atoms with Crippen LogP contribution in [0.25, 0.3) is 0 Å². The minimum atomic E-state index is -0.344. The van der Waals surface area contributed by atoms with E-state index in [1.54, 1.807) is 0 Å². The second-order valence-corrected chi connectivity index (χ2v) is 4.63. The molecule has 0 heterocycles. The lowest BCUT2D eigenvalue weighted by Crippen LogP contribution is -1.98. The molecule has 78 valence electrons. The predicted molar refractivity (Wildman–Crippen MR) is 55.6 cm³/mol. The van der Waals surface area contributed by atoms with Gasteiger partial charge >= 0.3 is 0 Å². The highest BCUT2D eigenvalue weighted by molar-refractivity contribution is 8.13. The maximum atomic E-state index is 13.3. The SMILES string of the molecule is CC(=O)Sc1ccc(F)c2c1C(=O)CC2. The maximum Gasteiger partial charge on any atom is 0.190 e. The van der Waals surface area contributed by atoms with Gasteiger partial charge < -0.3 is 0 Å². The molecule has 0 aromatic heterocycles. The van der Waals surface area contributed by atoms with Gasteiger partial charge in [-0.25, -0.2) is 4.39 Å². The fourth-order valence-electron chi connectivity index (χ4n) is 1.75. The Morgan fingerprint density at radius 1 is 1.40 bits per heavy atom. The van der Waals surface area contributed by atoms with Crippen molar-refractivity contribution in [1.82, 2.24) is 0 Å². The van der Waals surface area contributed by atoms with Crippen molar-refractivity contribution in [3.63, 3.8) is 0 Å². The molecule has 1 aromatic carbocycles. The van der Waals surface area contributed by atoms with E-state index in [-0.39, 0.29) is 16.7 Å². The van der Waals surface area contributed by atoms with Crippen molar-refractivity contribution in [2.24, 2.45) is 0 Å². The first-order valence-electron chi connectivity index (χ1n) is 4.62. The van der Waals surface area contributed by atoms with E-state index in [0.29, 0.717) is 28.9 Å². The van der Waals surface area contributed by atoms with Crippen LogP contribution in [0.1, 0.15) is 29.3 Å². The smallest absolute Gasteiger partial charge is 0.190 e. The fraction of sp³-hybridized carbons (Fsp3) is 0.273. The van der Waals surface area contributed by atoms with Crippen LogP contribution in [-0.2, 0) is 11.2 Å². The molecule has 1 aliphatic rings. The molecular weight excluding hydrogens is 215 g/mol. The van der Waals surface area contributed by atoms with Crippen LogP contribution in [0.2, 0.25) is 0 Å². The van der Waals surface area contributed by atoms with Gasteiger partial charge in [0.2, 0.25) is 0 Å². The molecule has 0 saturated heterocycles. The molecule has 2 nitrogen and oxygen atoms in total. The number of Topliss-reactive ketones (excluding diaryl/α,β-unsaturated/α-hetero) is 1. The van der Waals surface area contributed by atoms with Crippen molar-refractivity contribution in [1.29, 1.82) is 0 Å². The van der Waals surface area contributed by atoms with Crippen LogP contribution in [0.15, 0.2) is 17.0 Å². The molecule has 15 heavy (non-hydrogen) atoms. The Balaban J connectivity index is 2.54. The molecule has 0 spiro atoms. The standard InChI is InChI=1S/C11H9FO2S/c1-6(13)15-10-5-3-8(12)7-2-4-9(14)11(7)10/h3,5H,2,4H2,1H3. The van der Waals surface area contributed by atoms with Crippen molar-refractivity contribution in [2.75, 3.05) is 0 Å². The molecule has 1 aliphatic carbocycles. The van der Waals surface area contributed by atoms with Crippen LogP contribution < -0.4 is 0 Å². The number of thioether (sulfide) groups is 1. The Labute approximate surface area is 90.9 Å². The summed E-state index contributed by atoms with van der Waals surface area (Å²) in [6.45, 7) is 1.43. The normalized spacial score (nSPS) is 14.1. The lowest BCUT2D eigenvalue weighted by molar-refractivity contribution is -0.109. The summed E-state index contributed by atoms with van der Waals surface area (Å²) < 4.78 is 13.3. The molecule has 0 atom stereocenters. The molecule has 0 amide bonds. The quantitative estimate of drug-likeness (QED) is 0.687. The van der Waals surface area contributed by atoms with Crippen molar-refractivity contribution in [2.45, 2.75) is 24.7 Å². The van der Waals surface area contributed by atoms with E-state index in [4.69, 9.17) is 0 Å². The van der Waals surface area contributed by atoms with E-state index in [0.717, 1.165) is 11.8 Å². The van der Waals surface area contributed by atoms with Gasteiger partial charge in [0.1, 0.15) is 5.82 Å². The molecule has 0 radical (unpaired) electrons. The molecule has 0 bridgehead atoms.